The molecule has 0 aliphatic rings. The Labute approximate surface area is 95.3 Å². The number of hydrogen-bond acceptors (Lipinski definition) is 5. The summed E-state index contributed by atoms with van der Waals surface area (Å²) in [4.78, 5) is 8.12. The fraction of sp³-hybridized carbons (Fsp3) is 0.375. The van der Waals surface area contributed by atoms with Gasteiger partial charge in [-0.25, -0.2) is 4.98 Å². The van der Waals surface area contributed by atoms with Gasteiger partial charge in [0, 0.05) is 12.4 Å². The van der Waals surface area contributed by atoms with Gasteiger partial charge in [-0.05, 0) is 18.0 Å². The molecule has 2 rings (SSSR count). The fourth-order valence-electron chi connectivity index (χ4n) is 1.13. The van der Waals surface area contributed by atoms with Crippen LogP contribution in [0.25, 0.3) is 11.0 Å². The van der Waals surface area contributed by atoms with E-state index < -0.39 is 0 Å². The normalized spacial score (nSPS) is 11.1. The molecule has 0 bridgehead atoms. The van der Waals surface area contributed by atoms with Crippen molar-refractivity contribution in [2.75, 3.05) is 12.4 Å². The highest BCUT2D eigenvalue weighted by molar-refractivity contribution is 7.99. The summed E-state index contributed by atoms with van der Waals surface area (Å²) < 4.78 is 0. The van der Waals surface area contributed by atoms with Gasteiger partial charge in [0.2, 0.25) is 5.28 Å². The number of aliphatic hydroxyl groups excluding tert-OH is 1. The van der Waals surface area contributed by atoms with Crippen LogP contribution in [0.5, 0.6) is 0 Å². The third-order valence-electron chi connectivity index (χ3n) is 1.79. The molecule has 15 heavy (non-hydrogen) atoms. The SMILES string of the molecule is OCCCSc1nc(Cl)nc2[nH]ncc12. The summed E-state index contributed by atoms with van der Waals surface area (Å²) in [5.41, 5.74) is 0.640. The third kappa shape index (κ3) is 2.39. The van der Waals surface area contributed by atoms with Crippen molar-refractivity contribution in [1.82, 2.24) is 20.2 Å². The molecule has 2 aromatic heterocycles. The van der Waals surface area contributed by atoms with E-state index in [0.29, 0.717) is 5.65 Å². The molecular weight excluding hydrogens is 236 g/mol. The average Bonchev–Trinajstić information content (AvgIpc) is 2.65. The number of halogens is 1. The Morgan fingerprint density at radius 1 is 1.47 bits per heavy atom. The second-order valence-electron chi connectivity index (χ2n) is 2.86. The molecule has 2 heterocycles. The van der Waals surface area contributed by atoms with Gasteiger partial charge in [-0.1, -0.05) is 0 Å². The van der Waals surface area contributed by atoms with Crippen LogP contribution in [-0.2, 0) is 0 Å². The van der Waals surface area contributed by atoms with Crippen molar-refractivity contribution in [3.63, 3.8) is 0 Å². The molecule has 5 nitrogen and oxygen atoms in total. The number of aromatic nitrogens is 4. The quantitative estimate of drug-likeness (QED) is 0.369. The van der Waals surface area contributed by atoms with Crippen LogP contribution in [0.15, 0.2) is 11.2 Å². The van der Waals surface area contributed by atoms with Crippen LogP contribution in [-0.4, -0.2) is 37.6 Å². The molecule has 80 valence electrons. The number of nitrogens with one attached hydrogen (secondary N) is 1. The first-order valence-corrected chi connectivity index (χ1v) is 5.78. The Kier molecular flexibility index (Phi) is 3.40. The Hall–Kier alpha value is -0.850. The van der Waals surface area contributed by atoms with Crippen molar-refractivity contribution < 1.29 is 5.11 Å². The van der Waals surface area contributed by atoms with Crippen molar-refractivity contribution in [3.8, 4) is 0 Å². The number of aliphatic hydroxyl groups is 1. The summed E-state index contributed by atoms with van der Waals surface area (Å²) in [6.45, 7) is 0.181. The third-order valence-corrected chi connectivity index (χ3v) is 3.04. The first-order valence-electron chi connectivity index (χ1n) is 4.41. The highest BCUT2D eigenvalue weighted by Crippen LogP contribution is 2.25. The first kappa shape index (κ1) is 10.7. The number of fused-ring (bicyclic) bond motifs is 1. The molecule has 0 aliphatic heterocycles. The molecule has 0 unspecified atom stereocenters. The standard InChI is InChI=1S/C8H9ClN4OS/c9-8-11-6-5(4-10-13-6)7(12-8)15-3-1-2-14/h4,14H,1-3H2,(H,10,11,12,13). The molecule has 0 atom stereocenters. The predicted molar refractivity (Wildman–Crippen MR) is 59.1 cm³/mol. The monoisotopic (exact) mass is 244 g/mol. The van der Waals surface area contributed by atoms with E-state index >= 15 is 0 Å². The lowest BCUT2D eigenvalue weighted by Gasteiger charge is -2.00. The minimum atomic E-state index is 0.181. The highest BCUT2D eigenvalue weighted by Gasteiger charge is 2.08. The van der Waals surface area contributed by atoms with E-state index in [9.17, 15) is 0 Å². The summed E-state index contributed by atoms with van der Waals surface area (Å²) in [5.74, 6) is 0.796. The van der Waals surface area contributed by atoms with Crippen LogP contribution < -0.4 is 0 Å². The second-order valence-corrected chi connectivity index (χ2v) is 4.28. The van der Waals surface area contributed by atoms with Gasteiger partial charge >= 0.3 is 0 Å². The summed E-state index contributed by atoms with van der Waals surface area (Å²) in [6.07, 6.45) is 2.40. The van der Waals surface area contributed by atoms with Gasteiger partial charge in [0.15, 0.2) is 5.65 Å². The smallest absolute Gasteiger partial charge is 0.225 e. The van der Waals surface area contributed by atoms with Gasteiger partial charge in [0.25, 0.3) is 0 Å². The van der Waals surface area contributed by atoms with E-state index in [2.05, 4.69) is 20.2 Å². The zero-order valence-corrected chi connectivity index (χ0v) is 9.35. The molecule has 0 radical (unpaired) electrons. The van der Waals surface area contributed by atoms with Gasteiger partial charge in [-0.2, -0.15) is 10.1 Å². The van der Waals surface area contributed by atoms with Crippen molar-refractivity contribution >= 4 is 34.4 Å². The number of nitrogens with zero attached hydrogens (tertiary/aromatic N) is 3. The first-order chi connectivity index (χ1) is 7.31. The van der Waals surface area contributed by atoms with E-state index in [1.165, 1.54) is 11.8 Å². The summed E-state index contributed by atoms with van der Waals surface area (Å²) in [5, 5.41) is 17.2. The Balaban J connectivity index is 2.27. The maximum Gasteiger partial charge on any atom is 0.225 e. The number of hydrogen-bond donors (Lipinski definition) is 2. The number of H-pyrrole nitrogens is 1. The molecule has 0 saturated carbocycles. The van der Waals surface area contributed by atoms with Crippen molar-refractivity contribution in [1.29, 1.82) is 0 Å². The lowest BCUT2D eigenvalue weighted by molar-refractivity contribution is 0.296. The number of aromatic amines is 1. The Bertz CT molecular complexity index is 461. The lowest BCUT2D eigenvalue weighted by atomic mass is 10.4. The van der Waals surface area contributed by atoms with E-state index in [0.717, 1.165) is 22.6 Å². The van der Waals surface area contributed by atoms with Crippen molar-refractivity contribution in [2.45, 2.75) is 11.4 Å². The molecule has 0 aliphatic carbocycles. The molecule has 0 saturated heterocycles. The zero-order valence-electron chi connectivity index (χ0n) is 7.77. The molecular formula is C8H9ClN4OS. The number of thioether (sulfide) groups is 1. The molecule has 0 amide bonds. The molecule has 2 N–H and O–H groups in total. The maximum absolute atomic E-state index is 8.68. The molecule has 2 aromatic rings. The fourth-order valence-corrected chi connectivity index (χ4v) is 2.27. The van der Waals surface area contributed by atoms with Crippen molar-refractivity contribution in [3.05, 3.63) is 11.5 Å². The van der Waals surface area contributed by atoms with Crippen LogP contribution in [0.1, 0.15) is 6.42 Å². The number of rotatable bonds is 4. The molecule has 7 heteroatoms. The highest BCUT2D eigenvalue weighted by atomic mass is 35.5. The minimum Gasteiger partial charge on any atom is -0.396 e. The Morgan fingerprint density at radius 3 is 3.13 bits per heavy atom. The van der Waals surface area contributed by atoms with E-state index in [-0.39, 0.29) is 11.9 Å². The predicted octanol–water partition coefficient (Wildman–Crippen LogP) is 1.48. The van der Waals surface area contributed by atoms with Gasteiger partial charge in [0.05, 0.1) is 11.6 Å². The second kappa shape index (κ2) is 4.78. The van der Waals surface area contributed by atoms with Gasteiger partial charge in [-0.3, -0.25) is 5.10 Å². The summed E-state index contributed by atoms with van der Waals surface area (Å²) in [7, 11) is 0. The minimum absolute atomic E-state index is 0.181. The van der Waals surface area contributed by atoms with Gasteiger partial charge in [0.1, 0.15) is 5.03 Å². The topological polar surface area (TPSA) is 74.7 Å². The molecule has 0 fully saturated rings. The van der Waals surface area contributed by atoms with Crippen LogP contribution >= 0.6 is 23.4 Å². The molecule has 0 spiro atoms. The Morgan fingerprint density at radius 2 is 2.33 bits per heavy atom. The van der Waals surface area contributed by atoms with E-state index in [4.69, 9.17) is 16.7 Å². The lowest BCUT2D eigenvalue weighted by Crippen LogP contribution is -1.90. The van der Waals surface area contributed by atoms with Crippen molar-refractivity contribution in [2.24, 2.45) is 0 Å². The zero-order chi connectivity index (χ0) is 10.7. The summed E-state index contributed by atoms with van der Waals surface area (Å²) in [6, 6.07) is 0. The molecule has 0 aromatic carbocycles. The summed E-state index contributed by atoms with van der Waals surface area (Å²) >= 11 is 7.30. The van der Waals surface area contributed by atoms with E-state index in [1.807, 2.05) is 0 Å². The average molecular weight is 245 g/mol. The van der Waals surface area contributed by atoms with Gasteiger partial charge < -0.3 is 5.11 Å². The van der Waals surface area contributed by atoms with Crippen LogP contribution in [0.4, 0.5) is 0 Å². The maximum atomic E-state index is 8.68. The van der Waals surface area contributed by atoms with Gasteiger partial charge in [-0.15, -0.1) is 11.8 Å². The largest absolute Gasteiger partial charge is 0.396 e. The van der Waals surface area contributed by atoms with E-state index in [1.54, 1.807) is 6.20 Å². The van der Waals surface area contributed by atoms with Crippen LogP contribution in [0.3, 0.4) is 0 Å². The van der Waals surface area contributed by atoms with Crippen LogP contribution in [0, 0.1) is 0 Å². The van der Waals surface area contributed by atoms with Crippen LogP contribution in [0.2, 0.25) is 5.28 Å².